The highest BCUT2D eigenvalue weighted by Crippen LogP contribution is 2.13. The largest absolute Gasteiger partial charge is 0.338 e. The van der Waals surface area contributed by atoms with E-state index in [2.05, 4.69) is 32.8 Å². The van der Waals surface area contributed by atoms with E-state index in [9.17, 15) is 4.79 Å². The standard InChI is InChI=1S/C22H27N5O/c1-26(2)17-21(19-7-4-3-5-8-19)25-22(28)23-15-13-18-9-11-20(12-10-18)27-16-6-14-24-27/h3-12,14,16,21H,13,15,17H2,1-2H3,(H2,23,25,28). The molecule has 1 aromatic heterocycles. The van der Waals surface area contributed by atoms with Crippen molar-refractivity contribution >= 4 is 6.03 Å². The topological polar surface area (TPSA) is 62.2 Å². The van der Waals surface area contributed by atoms with Crippen molar-refractivity contribution in [3.8, 4) is 5.69 Å². The molecule has 0 aliphatic rings. The minimum Gasteiger partial charge on any atom is -0.338 e. The van der Waals surface area contributed by atoms with E-state index in [4.69, 9.17) is 0 Å². The molecule has 146 valence electrons. The molecule has 2 amide bonds. The summed E-state index contributed by atoms with van der Waals surface area (Å²) in [6.45, 7) is 1.32. The third kappa shape index (κ3) is 5.69. The van der Waals surface area contributed by atoms with Crippen LogP contribution < -0.4 is 10.6 Å². The fourth-order valence-electron chi connectivity index (χ4n) is 3.05. The van der Waals surface area contributed by atoms with Crippen molar-refractivity contribution < 1.29 is 4.79 Å². The molecular formula is C22H27N5O. The highest BCUT2D eigenvalue weighted by atomic mass is 16.2. The predicted octanol–water partition coefficient (Wildman–Crippen LogP) is 3.02. The van der Waals surface area contributed by atoms with E-state index >= 15 is 0 Å². The summed E-state index contributed by atoms with van der Waals surface area (Å²) >= 11 is 0. The average molecular weight is 377 g/mol. The van der Waals surface area contributed by atoms with Crippen LogP contribution in [0, 0.1) is 0 Å². The third-order valence-corrected chi connectivity index (χ3v) is 4.46. The SMILES string of the molecule is CN(C)CC(NC(=O)NCCc1ccc(-n2cccn2)cc1)c1ccccc1. The van der Waals surface area contributed by atoms with Crippen molar-refractivity contribution in [2.24, 2.45) is 0 Å². The molecule has 0 aliphatic heterocycles. The average Bonchev–Trinajstić information content (AvgIpc) is 3.23. The van der Waals surface area contributed by atoms with Crippen molar-refractivity contribution in [1.82, 2.24) is 25.3 Å². The number of aromatic nitrogens is 2. The number of benzene rings is 2. The number of likely N-dealkylation sites (N-methyl/N-ethyl adjacent to an activating group) is 1. The highest BCUT2D eigenvalue weighted by molar-refractivity contribution is 5.74. The number of amides is 2. The molecule has 1 unspecified atom stereocenters. The van der Waals surface area contributed by atoms with Gasteiger partial charge in [0.05, 0.1) is 11.7 Å². The first-order valence-electron chi connectivity index (χ1n) is 9.45. The Kier molecular flexibility index (Phi) is 6.81. The lowest BCUT2D eigenvalue weighted by Crippen LogP contribution is -2.42. The molecule has 3 aromatic rings. The maximum absolute atomic E-state index is 12.4. The summed E-state index contributed by atoms with van der Waals surface area (Å²) in [6, 6.07) is 19.9. The number of hydrogen-bond acceptors (Lipinski definition) is 3. The lowest BCUT2D eigenvalue weighted by atomic mass is 10.1. The molecule has 0 spiro atoms. The lowest BCUT2D eigenvalue weighted by molar-refractivity contribution is 0.233. The summed E-state index contributed by atoms with van der Waals surface area (Å²) in [7, 11) is 4.00. The number of nitrogens with one attached hydrogen (secondary N) is 2. The Balaban J connectivity index is 1.49. The van der Waals surface area contributed by atoms with Gasteiger partial charge in [0.15, 0.2) is 0 Å². The van der Waals surface area contributed by atoms with E-state index in [1.165, 1.54) is 5.56 Å². The van der Waals surface area contributed by atoms with Crippen LogP contribution in [0.25, 0.3) is 5.69 Å². The molecule has 0 bridgehead atoms. The zero-order valence-electron chi connectivity index (χ0n) is 16.4. The molecule has 0 aliphatic carbocycles. The lowest BCUT2D eigenvalue weighted by Gasteiger charge is -2.23. The Labute approximate surface area is 166 Å². The number of rotatable bonds is 8. The van der Waals surface area contributed by atoms with Gasteiger partial charge >= 0.3 is 6.03 Å². The summed E-state index contributed by atoms with van der Waals surface area (Å²) in [6.07, 6.45) is 4.45. The summed E-state index contributed by atoms with van der Waals surface area (Å²) < 4.78 is 1.82. The van der Waals surface area contributed by atoms with E-state index in [0.717, 1.165) is 24.2 Å². The molecule has 0 saturated heterocycles. The molecule has 0 saturated carbocycles. The smallest absolute Gasteiger partial charge is 0.315 e. The first-order valence-corrected chi connectivity index (χ1v) is 9.45. The van der Waals surface area contributed by atoms with Crippen LogP contribution in [0.4, 0.5) is 4.79 Å². The zero-order chi connectivity index (χ0) is 19.8. The van der Waals surface area contributed by atoms with Gasteiger partial charge in [-0.3, -0.25) is 0 Å². The molecule has 1 atom stereocenters. The van der Waals surface area contributed by atoms with Gasteiger partial charge in [0, 0.05) is 25.5 Å². The van der Waals surface area contributed by atoms with E-state index in [1.54, 1.807) is 6.20 Å². The molecule has 1 heterocycles. The van der Waals surface area contributed by atoms with Crippen LogP contribution in [0.1, 0.15) is 17.2 Å². The molecule has 28 heavy (non-hydrogen) atoms. The van der Waals surface area contributed by atoms with Crippen LogP contribution >= 0.6 is 0 Å². The Bertz CT molecular complexity index is 844. The van der Waals surface area contributed by atoms with Gasteiger partial charge in [0.25, 0.3) is 0 Å². The Morgan fingerprint density at radius 3 is 2.46 bits per heavy atom. The molecular weight excluding hydrogens is 350 g/mol. The van der Waals surface area contributed by atoms with Gasteiger partial charge < -0.3 is 15.5 Å². The van der Waals surface area contributed by atoms with Crippen molar-refractivity contribution in [2.75, 3.05) is 27.2 Å². The summed E-state index contributed by atoms with van der Waals surface area (Å²) in [5, 5.41) is 10.3. The number of carbonyl (C=O) groups is 1. The summed E-state index contributed by atoms with van der Waals surface area (Å²) in [5.41, 5.74) is 3.29. The zero-order valence-corrected chi connectivity index (χ0v) is 16.4. The maximum Gasteiger partial charge on any atom is 0.315 e. The molecule has 2 N–H and O–H groups in total. The van der Waals surface area contributed by atoms with Crippen LogP contribution in [0.5, 0.6) is 0 Å². The van der Waals surface area contributed by atoms with E-state index in [1.807, 2.05) is 73.5 Å². The van der Waals surface area contributed by atoms with Gasteiger partial charge in [-0.2, -0.15) is 5.10 Å². The quantitative estimate of drug-likeness (QED) is 0.634. The minimum atomic E-state index is -0.149. The van der Waals surface area contributed by atoms with Crippen LogP contribution in [-0.4, -0.2) is 47.9 Å². The second-order valence-corrected chi connectivity index (χ2v) is 6.99. The molecule has 0 radical (unpaired) electrons. The maximum atomic E-state index is 12.4. The number of urea groups is 1. The minimum absolute atomic E-state index is 0.0513. The summed E-state index contributed by atoms with van der Waals surface area (Å²) in [5.74, 6) is 0. The molecule has 2 aromatic carbocycles. The van der Waals surface area contributed by atoms with Crippen LogP contribution in [0.2, 0.25) is 0 Å². The predicted molar refractivity (Wildman–Crippen MR) is 112 cm³/mol. The van der Waals surface area contributed by atoms with Crippen molar-refractivity contribution in [1.29, 1.82) is 0 Å². The van der Waals surface area contributed by atoms with Gasteiger partial charge in [-0.25, -0.2) is 9.48 Å². The fraction of sp³-hybridized carbons (Fsp3) is 0.273. The highest BCUT2D eigenvalue weighted by Gasteiger charge is 2.15. The second-order valence-electron chi connectivity index (χ2n) is 6.99. The van der Waals surface area contributed by atoms with Crippen LogP contribution in [0.3, 0.4) is 0 Å². The second kappa shape index (κ2) is 9.71. The van der Waals surface area contributed by atoms with Gasteiger partial charge in [0.1, 0.15) is 0 Å². The van der Waals surface area contributed by atoms with Gasteiger partial charge in [-0.15, -0.1) is 0 Å². The van der Waals surface area contributed by atoms with Crippen molar-refractivity contribution in [3.63, 3.8) is 0 Å². The van der Waals surface area contributed by atoms with E-state index < -0.39 is 0 Å². The van der Waals surface area contributed by atoms with Crippen LogP contribution in [-0.2, 0) is 6.42 Å². The third-order valence-electron chi connectivity index (χ3n) is 4.46. The van der Waals surface area contributed by atoms with Gasteiger partial charge in [-0.1, -0.05) is 42.5 Å². The van der Waals surface area contributed by atoms with Gasteiger partial charge in [0.2, 0.25) is 0 Å². The number of carbonyl (C=O) groups excluding carboxylic acids is 1. The number of hydrogen-bond donors (Lipinski definition) is 2. The van der Waals surface area contributed by atoms with Gasteiger partial charge in [-0.05, 0) is 49.8 Å². The van der Waals surface area contributed by atoms with Crippen molar-refractivity contribution in [3.05, 3.63) is 84.2 Å². The van der Waals surface area contributed by atoms with E-state index in [-0.39, 0.29) is 12.1 Å². The first-order chi connectivity index (χ1) is 13.6. The molecule has 0 fully saturated rings. The monoisotopic (exact) mass is 377 g/mol. The van der Waals surface area contributed by atoms with E-state index in [0.29, 0.717) is 6.54 Å². The number of nitrogens with zero attached hydrogens (tertiary/aromatic N) is 3. The molecule has 3 rings (SSSR count). The van der Waals surface area contributed by atoms with Crippen LogP contribution in [0.15, 0.2) is 73.1 Å². The Morgan fingerprint density at radius 1 is 1.07 bits per heavy atom. The molecule has 6 heteroatoms. The Hall–Kier alpha value is -3.12. The normalized spacial score (nSPS) is 12.0. The fourth-order valence-corrected chi connectivity index (χ4v) is 3.05. The summed E-state index contributed by atoms with van der Waals surface area (Å²) in [4.78, 5) is 14.4. The van der Waals surface area contributed by atoms with Crippen molar-refractivity contribution in [2.45, 2.75) is 12.5 Å². The Morgan fingerprint density at radius 2 is 1.82 bits per heavy atom. The first kappa shape index (κ1) is 19.6. The molecule has 6 nitrogen and oxygen atoms in total.